The lowest BCUT2D eigenvalue weighted by Gasteiger charge is -2.35. The molecule has 470 valence electrons. The van der Waals surface area contributed by atoms with E-state index < -0.39 is 114 Å². The van der Waals surface area contributed by atoms with Crippen LogP contribution in [0.25, 0.3) is 0 Å². The smallest absolute Gasteiger partial charge is 0.344 e. The first-order chi connectivity index (χ1) is 39.3. The molecule has 2 saturated heterocycles. The number of carboxylic acids is 1. The molecule has 0 bridgehead atoms. The Labute approximate surface area is 495 Å². The molecule has 2 aromatic carbocycles. The Morgan fingerprint density at radius 3 is 1.37 bits per heavy atom. The molecule has 2 aliphatic rings. The van der Waals surface area contributed by atoms with Crippen molar-refractivity contribution in [2.24, 2.45) is 11.8 Å². The highest BCUT2D eigenvalue weighted by Gasteiger charge is 2.43. The number of carboxylic acid groups (broad SMARTS) is 1. The van der Waals surface area contributed by atoms with Crippen molar-refractivity contribution in [3.05, 3.63) is 70.8 Å². The van der Waals surface area contributed by atoms with E-state index in [1.165, 1.54) is 69.7 Å². The van der Waals surface area contributed by atoms with Crippen molar-refractivity contribution < 1.29 is 80.7 Å². The number of halogens is 2. The first-order valence-corrected chi connectivity index (χ1v) is 29.5. The lowest BCUT2D eigenvalue weighted by molar-refractivity contribution is -0.175. The molecule has 19 nitrogen and oxygen atoms in total. The van der Waals surface area contributed by atoms with Crippen molar-refractivity contribution in [1.29, 1.82) is 0 Å². The van der Waals surface area contributed by atoms with Gasteiger partial charge in [0.1, 0.15) is 35.5 Å². The van der Waals surface area contributed by atoms with Crippen LogP contribution in [0.3, 0.4) is 0 Å². The summed E-state index contributed by atoms with van der Waals surface area (Å²) in [6.07, 6.45) is -3.65. The van der Waals surface area contributed by atoms with Gasteiger partial charge in [0.25, 0.3) is 17.7 Å². The topological polar surface area (TPSA) is 234 Å². The lowest BCUT2D eigenvalue weighted by Crippen LogP contribution is -2.54. The van der Waals surface area contributed by atoms with Gasteiger partial charge in [-0.15, -0.1) is 0 Å². The van der Waals surface area contributed by atoms with Crippen LogP contribution in [0.4, 0.5) is 8.78 Å². The van der Waals surface area contributed by atoms with E-state index >= 15 is 4.39 Å². The normalized spacial score (nSPS) is 17.4. The Morgan fingerprint density at radius 2 is 0.952 bits per heavy atom. The van der Waals surface area contributed by atoms with E-state index in [9.17, 15) is 47.9 Å². The number of aliphatic carboxylic acids is 1. The number of hydrogen-bond donors (Lipinski definition) is 2. The van der Waals surface area contributed by atoms with Gasteiger partial charge < -0.3 is 53.5 Å². The molecule has 8 atom stereocenters. The molecular weight excluding hydrogens is 1090 g/mol. The average Bonchev–Trinajstić information content (AvgIpc) is 2.94. The molecule has 0 radical (unpaired) electrons. The van der Waals surface area contributed by atoms with E-state index in [-0.39, 0.29) is 56.3 Å². The molecule has 4 rings (SSSR count). The Morgan fingerprint density at radius 1 is 0.560 bits per heavy atom. The zero-order valence-electron chi connectivity index (χ0n) is 51.9. The molecule has 0 aromatic heterocycles. The largest absolute Gasteiger partial charge is 0.479 e. The number of rotatable bonds is 31. The summed E-state index contributed by atoms with van der Waals surface area (Å²) in [5, 5.41) is 12.3. The van der Waals surface area contributed by atoms with Crippen molar-refractivity contribution in [1.82, 2.24) is 20.0 Å². The van der Waals surface area contributed by atoms with E-state index in [1.54, 1.807) is 26.0 Å². The van der Waals surface area contributed by atoms with E-state index in [2.05, 4.69) is 5.32 Å². The summed E-state index contributed by atoms with van der Waals surface area (Å²) in [4.78, 5) is 115. The molecule has 0 spiro atoms. The maximum absolute atomic E-state index is 15.9. The lowest BCUT2D eigenvalue weighted by atomic mass is 9.90. The van der Waals surface area contributed by atoms with Gasteiger partial charge in [-0.05, 0) is 146 Å². The summed E-state index contributed by atoms with van der Waals surface area (Å²) in [5.74, 6) is -7.91. The number of carbonyl (C=O) groups excluding carboxylic acids is 7. The molecule has 2 aliphatic heterocycles. The summed E-state index contributed by atoms with van der Waals surface area (Å²) in [6.45, 7) is 17.2. The van der Waals surface area contributed by atoms with Gasteiger partial charge in [0.05, 0.1) is 0 Å². The van der Waals surface area contributed by atoms with Gasteiger partial charge in [-0.1, -0.05) is 76.2 Å². The Balaban J connectivity index is 1.63. The van der Waals surface area contributed by atoms with Crippen LogP contribution < -0.4 is 5.32 Å². The van der Waals surface area contributed by atoms with Gasteiger partial charge >= 0.3 is 29.8 Å². The Hall–Kier alpha value is -6.06. The van der Waals surface area contributed by atoms with Gasteiger partial charge in [0, 0.05) is 66.8 Å². The minimum absolute atomic E-state index is 0.00468. The zero-order chi connectivity index (χ0) is 62.8. The number of aryl methyl sites for hydroxylation is 1. The number of amides is 3. The van der Waals surface area contributed by atoms with Crippen LogP contribution in [0.2, 0.25) is 0 Å². The summed E-state index contributed by atoms with van der Waals surface area (Å²) >= 11 is 0. The van der Waals surface area contributed by atoms with E-state index in [0.29, 0.717) is 37.9 Å². The zero-order valence-corrected chi connectivity index (χ0v) is 51.9. The fraction of sp³-hybridized carbons (Fsp3) is 0.683. The van der Waals surface area contributed by atoms with E-state index in [1.807, 2.05) is 50.2 Å². The molecule has 0 aliphatic carbocycles. The third kappa shape index (κ3) is 22.1. The van der Waals surface area contributed by atoms with Gasteiger partial charge in [-0.2, -0.15) is 0 Å². The van der Waals surface area contributed by atoms with Crippen molar-refractivity contribution in [3.8, 4) is 0 Å². The number of carbonyl (C=O) groups is 8. The number of likely N-dealkylation sites (N-methyl/N-ethyl adjacent to an activating group) is 4. The molecular formula is C63H94F2N4O15. The molecule has 3 amide bonds. The molecule has 2 heterocycles. The van der Waals surface area contributed by atoms with Crippen molar-refractivity contribution in [2.75, 3.05) is 54.6 Å². The summed E-state index contributed by atoms with van der Waals surface area (Å²) in [6, 6.07) is 9.86. The molecule has 2 N–H and O–H groups in total. The van der Waals surface area contributed by atoms with Crippen LogP contribution in [0, 0.1) is 11.8 Å². The first-order valence-electron chi connectivity index (χ1n) is 29.5. The monoisotopic (exact) mass is 1180 g/mol. The van der Waals surface area contributed by atoms with Gasteiger partial charge in [-0.25, -0.2) is 28.0 Å². The number of hydrogen-bond acceptors (Lipinski definition) is 15. The molecule has 0 saturated carbocycles. The Kier molecular flexibility index (Phi) is 27.2. The van der Waals surface area contributed by atoms with Gasteiger partial charge in [0.2, 0.25) is 0 Å². The van der Waals surface area contributed by atoms with Crippen LogP contribution >= 0.6 is 0 Å². The third-order valence-corrected chi connectivity index (χ3v) is 15.5. The number of nitrogens with zero attached hydrogens (tertiary/aromatic N) is 3. The fourth-order valence-corrected chi connectivity index (χ4v) is 10.5. The van der Waals surface area contributed by atoms with Crippen LogP contribution in [-0.2, 0) is 79.6 Å². The van der Waals surface area contributed by atoms with E-state index in [0.717, 1.165) is 57.1 Å². The van der Waals surface area contributed by atoms with Crippen LogP contribution in [0.5, 0.6) is 0 Å². The molecule has 2 fully saturated rings. The molecule has 21 heteroatoms. The number of benzene rings is 2. The molecule has 0 unspecified atom stereocenters. The maximum Gasteiger partial charge on any atom is 0.344 e. The first kappa shape index (κ1) is 70.4. The second kappa shape index (κ2) is 32.4. The predicted molar refractivity (Wildman–Crippen MR) is 310 cm³/mol. The summed E-state index contributed by atoms with van der Waals surface area (Å²) in [7, 11) is 5.33. The number of nitrogens with one attached hydrogen (secondary N) is 1. The quantitative estimate of drug-likeness (QED) is 0.0540. The van der Waals surface area contributed by atoms with Crippen molar-refractivity contribution in [2.45, 2.75) is 212 Å². The third-order valence-electron chi connectivity index (χ3n) is 15.5. The standard InChI is InChI=1S/C63H94F2N4O15/c1-38(2)33-49(67(12)55(71)52(83-58(75)48(66-11)36-62(7,8)64)24-19-42-15-20-44(21-16-42)46-25-29-79-30-26-46)59(76)81-40(5)54(70)69(14)51(37-63(9,10)65)61(78)84-53(35-43-17-22-45(23-18-43)47-27-31-80-32-28-47)56(72)68(13)50(34-39(3)4)60(77)82-41(6)57(73)74/h15-18,20-23,38-41,46-53,66H,19,24-37H2,1-14H3,(H,73,74)/t40-,41-,48+,49+,50+,51+,52-,53-/m1/s1. The minimum Gasteiger partial charge on any atom is -0.479 e. The molecule has 2 aromatic rings. The van der Waals surface area contributed by atoms with Crippen molar-refractivity contribution >= 4 is 47.6 Å². The fourth-order valence-electron chi connectivity index (χ4n) is 10.5. The van der Waals surface area contributed by atoms with E-state index in [4.69, 9.17) is 28.4 Å². The van der Waals surface area contributed by atoms with Crippen LogP contribution in [0.1, 0.15) is 161 Å². The van der Waals surface area contributed by atoms with Gasteiger partial charge in [0.15, 0.2) is 24.4 Å². The van der Waals surface area contributed by atoms with Gasteiger partial charge in [-0.3, -0.25) is 19.2 Å². The second-order valence-corrected chi connectivity index (χ2v) is 24.7. The van der Waals surface area contributed by atoms with Crippen molar-refractivity contribution in [3.63, 3.8) is 0 Å². The highest BCUT2D eigenvalue weighted by Crippen LogP contribution is 2.30. The summed E-state index contributed by atoms with van der Waals surface area (Å²) < 4.78 is 64.8. The minimum atomic E-state index is -2.13. The highest BCUT2D eigenvalue weighted by molar-refractivity contribution is 5.93. The highest BCUT2D eigenvalue weighted by atomic mass is 19.1. The van der Waals surface area contributed by atoms with Crippen LogP contribution in [-0.4, -0.2) is 182 Å². The molecule has 84 heavy (non-hydrogen) atoms. The Bertz CT molecular complexity index is 2490. The van der Waals surface area contributed by atoms with Crippen LogP contribution in [0.15, 0.2) is 48.5 Å². The predicted octanol–water partition coefficient (Wildman–Crippen LogP) is 7.86. The number of alkyl halides is 2. The number of esters is 4. The average molecular weight is 1190 g/mol. The summed E-state index contributed by atoms with van der Waals surface area (Å²) in [5.41, 5.74) is -0.280. The number of ether oxygens (including phenoxy) is 6. The second-order valence-electron chi connectivity index (χ2n) is 24.7. The maximum atomic E-state index is 15.9. The SMILES string of the molecule is CN[C@@H](CC(C)(C)F)C(=O)O[C@H](CCc1ccc(C2CCOCC2)cc1)C(=O)N(C)[C@@H](CC(C)C)C(=O)O[C@H](C)C(=O)N(C)[C@@H](CC(C)(C)F)C(=O)O[C@H](Cc1ccc(C2CCOCC2)cc1)C(=O)N(C)[C@@H](CC(C)C)C(=O)O[C@H](C)C(=O)O.